The quantitative estimate of drug-likeness (QED) is 0.288. The molecule has 5 atom stereocenters. The van der Waals surface area contributed by atoms with Crippen LogP contribution in [0.15, 0.2) is 0 Å². The lowest BCUT2D eigenvalue weighted by Gasteiger charge is -2.23. The Balaban J connectivity index is 2.79. The summed E-state index contributed by atoms with van der Waals surface area (Å²) in [4.78, 5) is 17.1. The van der Waals surface area contributed by atoms with Crippen LogP contribution < -0.4 is 0 Å². The Labute approximate surface area is 90.1 Å². The summed E-state index contributed by atoms with van der Waals surface area (Å²) in [5.74, 6) is 0. The van der Waals surface area contributed by atoms with E-state index >= 15 is 0 Å². The van der Waals surface area contributed by atoms with Crippen molar-refractivity contribution < 1.29 is 44.0 Å². The lowest BCUT2D eigenvalue weighted by Crippen LogP contribution is -2.41. The van der Waals surface area contributed by atoms with Crippen molar-refractivity contribution in [2.45, 2.75) is 30.7 Å². The third-order valence-electron chi connectivity index (χ3n) is 2.07. The Morgan fingerprint density at radius 1 is 1.38 bits per heavy atom. The minimum absolute atomic E-state index is 0.773. The first kappa shape index (κ1) is 14.0. The van der Waals surface area contributed by atoms with E-state index in [9.17, 15) is 14.8 Å². The Hall–Kier alpha value is -0.0900. The van der Waals surface area contributed by atoms with E-state index in [4.69, 9.17) is 20.0 Å². The topological polar surface area (TPSA) is 157 Å². The predicted octanol–water partition coefficient (Wildman–Crippen LogP) is -3.10. The summed E-state index contributed by atoms with van der Waals surface area (Å²) < 4.78 is 19.4. The van der Waals surface area contributed by atoms with Gasteiger partial charge in [0.2, 0.25) is 0 Å². The van der Waals surface area contributed by atoms with Crippen LogP contribution in [-0.2, 0) is 13.8 Å². The highest BCUT2D eigenvalue weighted by molar-refractivity contribution is 7.46. The van der Waals surface area contributed by atoms with Gasteiger partial charge in [0.25, 0.3) is 0 Å². The van der Waals surface area contributed by atoms with Crippen LogP contribution in [0.1, 0.15) is 0 Å². The van der Waals surface area contributed by atoms with E-state index in [0.29, 0.717) is 0 Å². The number of hydrogen-bond donors (Lipinski definition) is 6. The highest BCUT2D eigenvalue weighted by Crippen LogP contribution is 2.42. The molecule has 1 saturated heterocycles. The number of rotatable bonds is 4. The average molecular weight is 260 g/mol. The lowest BCUT2D eigenvalue weighted by atomic mass is 10.1. The molecule has 0 amide bonds. The molecule has 0 saturated carbocycles. The van der Waals surface area contributed by atoms with E-state index in [1.165, 1.54) is 0 Å². The molecule has 1 aliphatic heterocycles. The molecule has 0 spiro atoms. The van der Waals surface area contributed by atoms with Gasteiger partial charge in [0, 0.05) is 0 Å². The van der Waals surface area contributed by atoms with E-state index in [1.54, 1.807) is 0 Å². The number of phosphoric ester groups is 1. The van der Waals surface area contributed by atoms with Gasteiger partial charge in [-0.25, -0.2) is 4.57 Å². The largest absolute Gasteiger partial charge is 0.470 e. The number of hydrogen-bond acceptors (Lipinski definition) is 7. The van der Waals surface area contributed by atoms with Crippen LogP contribution >= 0.6 is 7.82 Å². The highest BCUT2D eigenvalue weighted by atomic mass is 31.2. The third kappa shape index (κ3) is 3.20. The molecular formula is C6H13O9P. The maximum absolute atomic E-state index is 10.6. The van der Waals surface area contributed by atoms with Gasteiger partial charge in [-0.15, -0.1) is 0 Å². The maximum Gasteiger partial charge on any atom is 0.470 e. The minimum Gasteiger partial charge on any atom is -0.394 e. The molecule has 16 heavy (non-hydrogen) atoms. The van der Waals surface area contributed by atoms with Crippen LogP contribution in [0.2, 0.25) is 0 Å². The Kier molecular flexibility index (Phi) is 4.41. The summed E-state index contributed by atoms with van der Waals surface area (Å²) in [5, 5.41) is 36.3. The lowest BCUT2D eigenvalue weighted by molar-refractivity contribution is -0.150. The molecule has 96 valence electrons. The summed E-state index contributed by atoms with van der Waals surface area (Å²) in [7, 11) is -4.91. The van der Waals surface area contributed by atoms with Crippen LogP contribution in [0.3, 0.4) is 0 Å². The smallest absolute Gasteiger partial charge is 0.394 e. The first-order chi connectivity index (χ1) is 7.26. The van der Waals surface area contributed by atoms with Crippen LogP contribution in [0.5, 0.6) is 0 Å². The molecule has 1 rings (SSSR count). The molecule has 0 radical (unpaired) electrons. The number of phosphoric acid groups is 1. The van der Waals surface area contributed by atoms with Gasteiger partial charge in [-0.2, -0.15) is 0 Å². The number of ether oxygens (including phenoxy) is 1. The van der Waals surface area contributed by atoms with Gasteiger partial charge in [0.1, 0.15) is 24.4 Å². The summed E-state index contributed by atoms with van der Waals surface area (Å²) in [6, 6.07) is 0. The second-order valence-electron chi connectivity index (χ2n) is 3.29. The zero-order chi connectivity index (χ0) is 12.5. The van der Waals surface area contributed by atoms with Crippen LogP contribution in [0.25, 0.3) is 0 Å². The van der Waals surface area contributed by atoms with E-state index in [1.807, 2.05) is 0 Å². The van der Waals surface area contributed by atoms with E-state index in [-0.39, 0.29) is 0 Å². The van der Waals surface area contributed by atoms with Crippen molar-refractivity contribution in [3.05, 3.63) is 0 Å². The first-order valence-corrected chi connectivity index (χ1v) is 5.83. The van der Waals surface area contributed by atoms with Crippen molar-refractivity contribution in [1.29, 1.82) is 0 Å². The third-order valence-corrected chi connectivity index (χ3v) is 2.59. The maximum atomic E-state index is 10.6. The van der Waals surface area contributed by atoms with Gasteiger partial charge in [0.15, 0.2) is 6.29 Å². The first-order valence-electron chi connectivity index (χ1n) is 4.30. The molecule has 9 nitrogen and oxygen atoms in total. The second kappa shape index (κ2) is 5.05. The van der Waals surface area contributed by atoms with Crippen molar-refractivity contribution in [2.24, 2.45) is 0 Å². The minimum atomic E-state index is -4.91. The number of aliphatic hydroxyl groups is 4. The molecule has 1 unspecified atom stereocenters. The molecule has 0 aromatic carbocycles. The molecule has 1 fully saturated rings. The van der Waals surface area contributed by atoms with Crippen molar-refractivity contribution in [2.75, 3.05) is 6.61 Å². The summed E-state index contributed by atoms with van der Waals surface area (Å²) in [6.45, 7) is -0.773. The summed E-state index contributed by atoms with van der Waals surface area (Å²) >= 11 is 0. The molecule has 10 heteroatoms. The van der Waals surface area contributed by atoms with E-state index in [2.05, 4.69) is 9.26 Å². The normalized spacial score (nSPS) is 37.6. The zero-order valence-corrected chi connectivity index (χ0v) is 8.84. The molecule has 6 N–H and O–H groups in total. The Bertz CT molecular complexity index is 277. The number of aliphatic hydroxyl groups excluding tert-OH is 4. The van der Waals surface area contributed by atoms with Gasteiger partial charge in [-0.05, 0) is 0 Å². The monoisotopic (exact) mass is 260 g/mol. The fourth-order valence-electron chi connectivity index (χ4n) is 1.37. The standard InChI is InChI=1S/C6H13O9P/c7-1-2(8)4-5(15-16(11,12)13)3(9)6(10)14-4/h2-10H,1H2,(H2,11,12,13)/t2-,3-,4-,5-,6?/m1/s1. The van der Waals surface area contributed by atoms with E-state index in [0.717, 1.165) is 0 Å². The van der Waals surface area contributed by atoms with Crippen LogP contribution in [0.4, 0.5) is 0 Å². The summed E-state index contributed by atoms with van der Waals surface area (Å²) in [6.07, 6.45) is -8.06. The Morgan fingerprint density at radius 2 is 1.94 bits per heavy atom. The van der Waals surface area contributed by atoms with Gasteiger partial charge in [0.05, 0.1) is 6.61 Å². The SMILES string of the molecule is O=P(O)(O)O[C@H]1[C@@H]([C@H](O)CO)OC(O)[C@@H]1O. The molecule has 0 aromatic heterocycles. The molecule has 0 bridgehead atoms. The highest BCUT2D eigenvalue weighted by Gasteiger charge is 2.49. The second-order valence-corrected chi connectivity index (χ2v) is 4.48. The van der Waals surface area contributed by atoms with Gasteiger partial charge < -0.3 is 34.9 Å². The average Bonchev–Trinajstić information content (AvgIpc) is 2.43. The van der Waals surface area contributed by atoms with Crippen molar-refractivity contribution >= 4 is 7.82 Å². The molecular weight excluding hydrogens is 247 g/mol. The fourth-order valence-corrected chi connectivity index (χ4v) is 1.93. The van der Waals surface area contributed by atoms with Gasteiger partial charge in [-0.1, -0.05) is 0 Å². The molecule has 0 aliphatic carbocycles. The van der Waals surface area contributed by atoms with Crippen LogP contribution in [-0.4, -0.2) is 67.5 Å². The van der Waals surface area contributed by atoms with Gasteiger partial charge >= 0.3 is 7.82 Å². The fraction of sp³-hybridized carbons (Fsp3) is 1.00. The van der Waals surface area contributed by atoms with Crippen LogP contribution in [0, 0.1) is 0 Å². The van der Waals surface area contributed by atoms with Crippen molar-refractivity contribution in [3.8, 4) is 0 Å². The van der Waals surface area contributed by atoms with Crippen molar-refractivity contribution in [1.82, 2.24) is 0 Å². The molecule has 0 aromatic rings. The van der Waals surface area contributed by atoms with Gasteiger partial charge in [-0.3, -0.25) is 4.52 Å². The summed E-state index contributed by atoms with van der Waals surface area (Å²) in [5.41, 5.74) is 0. The predicted molar refractivity (Wildman–Crippen MR) is 46.9 cm³/mol. The molecule has 1 aliphatic rings. The zero-order valence-electron chi connectivity index (χ0n) is 7.95. The molecule has 1 heterocycles. The van der Waals surface area contributed by atoms with Crippen molar-refractivity contribution in [3.63, 3.8) is 0 Å². The Morgan fingerprint density at radius 3 is 2.38 bits per heavy atom. The van der Waals surface area contributed by atoms with E-state index < -0.39 is 45.1 Å².